The van der Waals surface area contributed by atoms with E-state index in [9.17, 15) is 5.11 Å². The number of nitrogen functional groups attached to an aromatic ring is 1. The van der Waals surface area contributed by atoms with Crippen molar-refractivity contribution in [1.82, 2.24) is 19.9 Å². The van der Waals surface area contributed by atoms with Crippen LogP contribution >= 0.6 is 0 Å². The van der Waals surface area contributed by atoms with E-state index in [1.165, 1.54) is 0 Å². The Bertz CT molecular complexity index is 681. The molecule has 0 saturated heterocycles. The molecule has 2 rings (SSSR count). The largest absolute Gasteiger partial charge is 0.389 e. The third-order valence-electron chi connectivity index (χ3n) is 3.51. The van der Waals surface area contributed by atoms with Crippen molar-refractivity contribution in [2.24, 2.45) is 0 Å². The van der Waals surface area contributed by atoms with Gasteiger partial charge in [0.15, 0.2) is 5.82 Å². The van der Waals surface area contributed by atoms with Crippen molar-refractivity contribution in [2.45, 2.75) is 58.7 Å². The van der Waals surface area contributed by atoms with Gasteiger partial charge in [0.05, 0.1) is 24.0 Å². The molecule has 0 aliphatic carbocycles. The fourth-order valence-corrected chi connectivity index (χ4v) is 2.49. The number of pyridine rings is 1. The van der Waals surface area contributed by atoms with E-state index in [0.717, 1.165) is 30.8 Å². The van der Waals surface area contributed by atoms with E-state index in [0.29, 0.717) is 17.9 Å². The maximum absolute atomic E-state index is 10.0. The zero-order valence-electron chi connectivity index (χ0n) is 15.3. The molecule has 0 radical (unpaired) electrons. The van der Waals surface area contributed by atoms with E-state index in [1.54, 1.807) is 20.2 Å². The first-order valence-electron chi connectivity index (χ1n) is 8.38. The second kappa shape index (κ2) is 6.94. The van der Waals surface area contributed by atoms with Crippen LogP contribution in [0.15, 0.2) is 12.4 Å². The summed E-state index contributed by atoms with van der Waals surface area (Å²) in [6.45, 7) is 12.2. The van der Waals surface area contributed by atoms with Crippen LogP contribution in [0.1, 0.15) is 41.0 Å². The molecule has 0 atom stereocenters. The number of nitrogens with one attached hydrogen (secondary N) is 2. The van der Waals surface area contributed by atoms with Crippen LogP contribution in [0.5, 0.6) is 0 Å². The molecule has 2 aromatic rings. The molecular weight excluding hydrogens is 304 g/mol. The normalized spacial score (nSPS) is 12.8. The number of hydrogen-bond donors (Lipinski definition) is 4. The first-order valence-corrected chi connectivity index (χ1v) is 8.38. The van der Waals surface area contributed by atoms with Gasteiger partial charge in [0.1, 0.15) is 11.3 Å². The van der Waals surface area contributed by atoms with Crippen LogP contribution in [-0.4, -0.2) is 43.9 Å². The molecule has 7 nitrogen and oxygen atoms in total. The molecule has 0 spiro atoms. The Hall–Kier alpha value is -1.86. The highest BCUT2D eigenvalue weighted by atomic mass is 16.3. The van der Waals surface area contributed by atoms with Crippen LogP contribution in [-0.2, 0) is 6.54 Å². The summed E-state index contributed by atoms with van der Waals surface area (Å²) in [6.07, 6.45) is 2.68. The maximum atomic E-state index is 10.0. The number of fused-ring (bicyclic) bond motifs is 1. The molecule has 0 bridgehead atoms. The zero-order valence-corrected chi connectivity index (χ0v) is 15.3. The Kier molecular flexibility index (Phi) is 5.35. The number of imidazole rings is 1. The van der Waals surface area contributed by atoms with E-state index in [2.05, 4.69) is 41.4 Å². The predicted octanol–water partition coefficient (Wildman–Crippen LogP) is 1.97. The molecule has 2 heterocycles. The van der Waals surface area contributed by atoms with Crippen molar-refractivity contribution >= 4 is 22.7 Å². The minimum atomic E-state index is -0.822. The van der Waals surface area contributed by atoms with E-state index in [-0.39, 0.29) is 5.54 Å². The highest BCUT2D eigenvalue weighted by molar-refractivity contribution is 5.87. The maximum Gasteiger partial charge on any atom is 0.154 e. The molecule has 134 valence electrons. The van der Waals surface area contributed by atoms with Crippen LogP contribution in [0.2, 0.25) is 0 Å². The van der Waals surface area contributed by atoms with Crippen LogP contribution in [0.4, 0.5) is 11.6 Å². The summed E-state index contributed by atoms with van der Waals surface area (Å²) in [5.41, 5.74) is 6.87. The van der Waals surface area contributed by atoms with Crippen molar-refractivity contribution in [3.63, 3.8) is 0 Å². The number of nitrogens with zero attached hydrogens (tertiary/aromatic N) is 3. The van der Waals surface area contributed by atoms with Crippen molar-refractivity contribution < 1.29 is 5.11 Å². The molecule has 0 amide bonds. The highest BCUT2D eigenvalue weighted by Gasteiger charge is 2.17. The summed E-state index contributed by atoms with van der Waals surface area (Å²) < 4.78 is 1.90. The van der Waals surface area contributed by atoms with Gasteiger partial charge >= 0.3 is 0 Å². The van der Waals surface area contributed by atoms with E-state index in [4.69, 9.17) is 5.73 Å². The first-order chi connectivity index (χ1) is 11.1. The lowest BCUT2D eigenvalue weighted by atomic mass is 10.1. The van der Waals surface area contributed by atoms with Crippen LogP contribution in [0.25, 0.3) is 11.0 Å². The summed E-state index contributed by atoms with van der Waals surface area (Å²) in [4.78, 5) is 8.67. The topological polar surface area (TPSA) is 101 Å². The highest BCUT2D eigenvalue weighted by Crippen LogP contribution is 2.23. The lowest BCUT2D eigenvalue weighted by Gasteiger charge is -2.20. The molecule has 7 heteroatoms. The summed E-state index contributed by atoms with van der Waals surface area (Å²) in [6, 6.07) is 1.93. The standard InChI is InChI=1S/C17H30N6O/c1-16(2,3)21-8-6-7-19-13-9-12-14(15(18)22-13)20-11-23(12)10-17(4,5)24/h9,11,21,24H,6-8,10H2,1-5H3,(H3,18,19,22). The van der Waals surface area contributed by atoms with Gasteiger partial charge in [-0.2, -0.15) is 0 Å². The Balaban J connectivity index is 2.04. The molecule has 0 aliphatic heterocycles. The van der Waals surface area contributed by atoms with Gasteiger partial charge in [-0.25, -0.2) is 9.97 Å². The summed E-state index contributed by atoms with van der Waals surface area (Å²) in [5.74, 6) is 1.13. The van der Waals surface area contributed by atoms with Crippen LogP contribution in [0, 0.1) is 0 Å². The van der Waals surface area contributed by atoms with Gasteiger partial charge in [0.25, 0.3) is 0 Å². The van der Waals surface area contributed by atoms with Crippen molar-refractivity contribution in [3.8, 4) is 0 Å². The summed E-state index contributed by atoms with van der Waals surface area (Å²) >= 11 is 0. The fraction of sp³-hybridized carbons (Fsp3) is 0.647. The molecule has 0 unspecified atom stereocenters. The van der Waals surface area contributed by atoms with E-state index < -0.39 is 5.60 Å². The second-order valence-electron chi connectivity index (χ2n) is 7.90. The third kappa shape index (κ3) is 5.35. The summed E-state index contributed by atoms with van der Waals surface area (Å²) in [7, 11) is 0. The Labute approximate surface area is 143 Å². The average Bonchev–Trinajstić information content (AvgIpc) is 2.79. The van der Waals surface area contributed by atoms with Gasteiger partial charge in [-0.15, -0.1) is 0 Å². The van der Waals surface area contributed by atoms with Gasteiger partial charge in [0.2, 0.25) is 0 Å². The first kappa shape index (κ1) is 18.5. The SMILES string of the molecule is CC(C)(O)Cn1cnc2c(N)nc(NCCCNC(C)(C)C)cc21. The summed E-state index contributed by atoms with van der Waals surface area (Å²) in [5, 5.41) is 16.8. The zero-order chi connectivity index (χ0) is 18.0. The molecule has 2 aromatic heterocycles. The quantitative estimate of drug-likeness (QED) is 0.578. The third-order valence-corrected chi connectivity index (χ3v) is 3.51. The van der Waals surface area contributed by atoms with Gasteiger partial charge in [-0.1, -0.05) is 0 Å². The molecular formula is C17H30N6O. The Morgan fingerprint density at radius 2 is 1.92 bits per heavy atom. The molecule has 5 N–H and O–H groups in total. The number of aromatic nitrogens is 3. The van der Waals surface area contributed by atoms with Crippen LogP contribution in [0.3, 0.4) is 0 Å². The number of rotatable bonds is 7. The molecule has 24 heavy (non-hydrogen) atoms. The lowest BCUT2D eigenvalue weighted by Crippen LogP contribution is -2.36. The van der Waals surface area contributed by atoms with E-state index in [1.807, 2.05) is 10.6 Å². The molecule has 0 aliphatic rings. The van der Waals surface area contributed by atoms with Gasteiger partial charge in [-0.3, -0.25) is 0 Å². The van der Waals surface area contributed by atoms with Crippen molar-refractivity contribution in [1.29, 1.82) is 0 Å². The van der Waals surface area contributed by atoms with Crippen molar-refractivity contribution in [3.05, 3.63) is 12.4 Å². The minimum Gasteiger partial charge on any atom is -0.389 e. The number of hydrogen-bond acceptors (Lipinski definition) is 6. The Morgan fingerprint density at radius 3 is 2.54 bits per heavy atom. The molecule has 0 aromatic carbocycles. The molecule has 0 saturated carbocycles. The molecule has 0 fully saturated rings. The van der Waals surface area contributed by atoms with Gasteiger partial charge in [0, 0.05) is 18.2 Å². The van der Waals surface area contributed by atoms with Crippen molar-refractivity contribution in [2.75, 3.05) is 24.1 Å². The minimum absolute atomic E-state index is 0.130. The lowest BCUT2D eigenvalue weighted by molar-refractivity contribution is 0.0626. The number of nitrogens with two attached hydrogens (primary N) is 1. The number of anilines is 2. The monoisotopic (exact) mass is 334 g/mol. The fourth-order valence-electron chi connectivity index (χ4n) is 2.49. The predicted molar refractivity (Wildman–Crippen MR) is 99.1 cm³/mol. The van der Waals surface area contributed by atoms with Crippen LogP contribution < -0.4 is 16.4 Å². The smallest absolute Gasteiger partial charge is 0.154 e. The van der Waals surface area contributed by atoms with Gasteiger partial charge in [-0.05, 0) is 47.6 Å². The van der Waals surface area contributed by atoms with Gasteiger partial charge < -0.3 is 26.0 Å². The average molecular weight is 334 g/mol. The second-order valence-corrected chi connectivity index (χ2v) is 7.90. The Morgan fingerprint density at radius 1 is 1.21 bits per heavy atom. The van der Waals surface area contributed by atoms with E-state index >= 15 is 0 Å². The number of aliphatic hydroxyl groups is 1.